The summed E-state index contributed by atoms with van der Waals surface area (Å²) in [5.41, 5.74) is 0. The zero-order valence-corrected chi connectivity index (χ0v) is 29.7. The van der Waals surface area contributed by atoms with Crippen molar-refractivity contribution >= 4 is 87.3 Å². The van der Waals surface area contributed by atoms with Crippen molar-refractivity contribution in [3.05, 3.63) is 200 Å². The Morgan fingerprint density at radius 1 is 0.208 bits per heavy atom. The van der Waals surface area contributed by atoms with Crippen LogP contribution in [0, 0.1) is 0 Å². The molecular formula is C45H39P3. The first kappa shape index (κ1) is 32.0. The van der Waals surface area contributed by atoms with Crippen LogP contribution in [-0.4, -0.2) is 18.9 Å². The van der Waals surface area contributed by atoms with Crippen LogP contribution in [-0.2, 0) is 0 Å². The van der Waals surface area contributed by atoms with Crippen LogP contribution in [0.4, 0.5) is 0 Å². The normalized spacial score (nSPS) is 12.0. The van der Waals surface area contributed by atoms with Crippen LogP contribution in [0.15, 0.2) is 200 Å². The third-order valence-electron chi connectivity index (χ3n) is 9.39. The van der Waals surface area contributed by atoms with Crippen LogP contribution in [0.25, 0.3) is 0 Å². The predicted molar refractivity (Wildman–Crippen MR) is 224 cm³/mol. The Hall–Kier alpha value is -4.56. The Morgan fingerprint density at radius 3 is 0.500 bits per heavy atom. The lowest BCUT2D eigenvalue weighted by atomic mass is 10.3. The van der Waals surface area contributed by atoms with Gasteiger partial charge in [-0.3, -0.25) is 0 Å². The molecule has 3 heteroatoms. The van der Waals surface area contributed by atoms with E-state index in [0.717, 1.165) is 0 Å². The summed E-state index contributed by atoms with van der Waals surface area (Å²) in [6.07, 6.45) is 15.6. The van der Waals surface area contributed by atoms with Crippen molar-refractivity contribution in [2.24, 2.45) is 0 Å². The van der Waals surface area contributed by atoms with Gasteiger partial charge in [-0.05, 0) is 86.6 Å². The second kappa shape index (κ2) is 13.5. The van der Waals surface area contributed by atoms with Gasteiger partial charge in [-0.25, -0.2) is 0 Å². The molecule has 0 aliphatic rings. The molecule has 0 spiro atoms. The monoisotopic (exact) mass is 672 g/mol. The second-order valence-electron chi connectivity index (χ2n) is 12.2. The molecule has 0 heterocycles. The third-order valence-corrected chi connectivity index (χ3v) is 19.9. The largest absolute Gasteiger partial charge is 0.0887 e. The molecule has 0 amide bonds. The van der Waals surface area contributed by atoms with Crippen LogP contribution < -0.4 is 47.7 Å². The van der Waals surface area contributed by atoms with E-state index < -0.39 is 20.7 Å². The predicted octanol–water partition coefficient (Wildman–Crippen LogP) is 6.86. The van der Waals surface area contributed by atoms with E-state index in [9.17, 15) is 0 Å². The number of rotatable bonds is 9. The summed E-state index contributed by atoms with van der Waals surface area (Å²) in [7, 11) is 0. The van der Waals surface area contributed by atoms with Crippen LogP contribution in [0.2, 0.25) is 0 Å². The summed E-state index contributed by atoms with van der Waals surface area (Å²) < 4.78 is 0. The first-order valence-corrected chi connectivity index (χ1v) is 22.1. The van der Waals surface area contributed by atoms with Crippen molar-refractivity contribution in [1.29, 1.82) is 0 Å². The van der Waals surface area contributed by atoms with Crippen LogP contribution in [0.5, 0.6) is 0 Å². The minimum absolute atomic E-state index is 1.24. The average Bonchev–Trinajstić information content (AvgIpc) is 3.18. The zero-order valence-electron chi connectivity index (χ0n) is 27.0. The molecular weight excluding hydrogens is 633 g/mol. The quantitative estimate of drug-likeness (QED) is 0.147. The van der Waals surface area contributed by atoms with E-state index in [0.29, 0.717) is 0 Å². The molecule has 234 valence electrons. The fourth-order valence-corrected chi connectivity index (χ4v) is 15.9. The summed E-state index contributed by atoms with van der Waals surface area (Å²) in [6.45, 7) is -7.07. The van der Waals surface area contributed by atoms with Gasteiger partial charge >= 0.3 is 0 Å². The van der Waals surface area contributed by atoms with Crippen LogP contribution in [0.1, 0.15) is 0 Å². The first-order valence-electron chi connectivity index (χ1n) is 16.2. The van der Waals surface area contributed by atoms with Gasteiger partial charge in [0.25, 0.3) is 0 Å². The zero-order chi connectivity index (χ0) is 33.0. The lowest BCUT2D eigenvalue weighted by Gasteiger charge is -2.34. The Labute approximate surface area is 286 Å². The van der Waals surface area contributed by atoms with Crippen molar-refractivity contribution in [3.8, 4) is 0 Å². The van der Waals surface area contributed by atoms with Crippen molar-refractivity contribution in [3.63, 3.8) is 0 Å². The van der Waals surface area contributed by atoms with Crippen LogP contribution in [0.3, 0.4) is 0 Å². The average molecular weight is 673 g/mol. The van der Waals surface area contributed by atoms with Gasteiger partial charge in [0, 0.05) is 0 Å². The minimum atomic E-state index is -2.36. The summed E-state index contributed by atoms with van der Waals surface area (Å²) in [6, 6.07) is 72.6. The summed E-state index contributed by atoms with van der Waals surface area (Å²) in [5.74, 6) is 0. The maximum absolute atomic E-state index is 5.21. The SMILES string of the molecule is C=P(c1ccccc1)(c1ccccc1)c1cc(P(=C)(c2ccccc2)c2ccccc2)cc(P(=C)(c2ccccc2)c2ccccc2)c1. The first-order chi connectivity index (χ1) is 23.4. The minimum Gasteiger partial charge on any atom is -0.0887 e. The van der Waals surface area contributed by atoms with Gasteiger partial charge in [-0.2, -0.15) is 0 Å². The molecule has 0 bridgehead atoms. The number of hydrogen-bond donors (Lipinski definition) is 0. The van der Waals surface area contributed by atoms with E-state index in [1.807, 2.05) is 0 Å². The van der Waals surface area contributed by atoms with Crippen LogP contribution >= 0.6 is 20.7 Å². The van der Waals surface area contributed by atoms with Crippen molar-refractivity contribution in [2.75, 3.05) is 0 Å². The maximum atomic E-state index is 5.21. The van der Waals surface area contributed by atoms with E-state index in [1.165, 1.54) is 47.7 Å². The molecule has 0 saturated heterocycles. The molecule has 0 aliphatic carbocycles. The Balaban J connectivity index is 1.64. The molecule has 0 radical (unpaired) electrons. The third kappa shape index (κ3) is 5.66. The summed E-state index contributed by atoms with van der Waals surface area (Å²) in [4.78, 5) is 0. The van der Waals surface area contributed by atoms with Gasteiger partial charge in [0.2, 0.25) is 0 Å². The second-order valence-corrected chi connectivity index (χ2v) is 21.7. The molecule has 0 unspecified atom stereocenters. The summed E-state index contributed by atoms with van der Waals surface area (Å²) >= 11 is 0. The maximum Gasteiger partial charge on any atom is -0.0152 e. The van der Waals surface area contributed by atoms with E-state index in [4.69, 9.17) is 18.9 Å². The molecule has 0 atom stereocenters. The molecule has 0 nitrogen and oxygen atoms in total. The summed E-state index contributed by atoms with van der Waals surface area (Å²) in [5, 5.41) is 11.2. The van der Waals surface area contributed by atoms with E-state index in [2.05, 4.69) is 200 Å². The van der Waals surface area contributed by atoms with Gasteiger partial charge in [0.05, 0.1) is 0 Å². The van der Waals surface area contributed by atoms with E-state index in [-0.39, 0.29) is 0 Å². The molecule has 7 aromatic carbocycles. The van der Waals surface area contributed by atoms with Gasteiger partial charge in [0.15, 0.2) is 0 Å². The van der Waals surface area contributed by atoms with Gasteiger partial charge < -0.3 is 0 Å². The molecule has 0 aliphatic heterocycles. The lowest BCUT2D eigenvalue weighted by Crippen LogP contribution is -2.36. The molecule has 0 fully saturated rings. The molecule has 0 N–H and O–H groups in total. The molecule has 48 heavy (non-hydrogen) atoms. The molecule has 7 rings (SSSR count). The molecule has 0 saturated carbocycles. The standard InChI is InChI=1S/C45H39P3/c1-46(37-22-10-4-11-23-37,38-24-12-5-13-25-38)43-34-44(47(2,39-26-14-6-15-27-39)40-28-16-7-17-29-40)36-45(35-43)48(3,41-30-18-8-19-31-41)42-32-20-9-21-33-42/h4-36H,1-3H2. The Kier molecular flexibility index (Phi) is 9.01. The molecule has 7 aromatic rings. The highest BCUT2D eigenvalue weighted by Crippen LogP contribution is 2.48. The van der Waals surface area contributed by atoms with Gasteiger partial charge in [-0.15, -0.1) is 0 Å². The highest BCUT2D eigenvalue weighted by Gasteiger charge is 2.31. The van der Waals surface area contributed by atoms with Crippen molar-refractivity contribution in [2.45, 2.75) is 0 Å². The van der Waals surface area contributed by atoms with Gasteiger partial charge in [-0.1, -0.05) is 201 Å². The van der Waals surface area contributed by atoms with Gasteiger partial charge in [0.1, 0.15) is 0 Å². The van der Waals surface area contributed by atoms with E-state index >= 15 is 0 Å². The highest BCUT2D eigenvalue weighted by atomic mass is 31.2. The van der Waals surface area contributed by atoms with E-state index in [1.54, 1.807) is 0 Å². The highest BCUT2D eigenvalue weighted by molar-refractivity contribution is 7.96. The number of hydrogen-bond acceptors (Lipinski definition) is 0. The van der Waals surface area contributed by atoms with Crippen molar-refractivity contribution in [1.82, 2.24) is 0 Å². The smallest absolute Gasteiger partial charge is 0.0152 e. The van der Waals surface area contributed by atoms with Crippen molar-refractivity contribution < 1.29 is 0 Å². The topological polar surface area (TPSA) is 0 Å². The number of benzene rings is 7. The lowest BCUT2D eigenvalue weighted by molar-refractivity contribution is 1.74. The molecule has 0 aromatic heterocycles. The Bertz CT molecular complexity index is 1870. The fourth-order valence-electron chi connectivity index (χ4n) is 6.68. The Morgan fingerprint density at radius 2 is 0.354 bits per heavy atom. The fraction of sp³-hybridized carbons (Fsp3) is 0.